The Morgan fingerprint density at radius 2 is 2.10 bits per heavy atom. The first-order chi connectivity index (χ1) is 14.7. The van der Waals surface area contributed by atoms with Crippen molar-refractivity contribution in [2.75, 3.05) is 24.7 Å². The number of morpholine rings is 1. The van der Waals surface area contributed by atoms with Crippen LogP contribution in [0.4, 0.5) is 5.69 Å². The van der Waals surface area contributed by atoms with Crippen molar-refractivity contribution < 1.29 is 4.74 Å². The zero-order valence-corrected chi connectivity index (χ0v) is 17.1. The van der Waals surface area contributed by atoms with Crippen molar-refractivity contribution in [2.45, 2.75) is 31.8 Å². The minimum Gasteiger partial charge on any atom is -0.377 e. The second-order valence-corrected chi connectivity index (χ2v) is 8.18. The predicted molar refractivity (Wildman–Crippen MR) is 113 cm³/mol. The molecule has 30 heavy (non-hydrogen) atoms. The second-order valence-electron chi connectivity index (χ2n) is 8.18. The SMILES string of the molecule is CC1COCCN1c1cc(-c2ccnn2C)nc2c(-c3ccn[nH]3)nn(C3CC3)c12. The number of hydrogen-bond acceptors (Lipinski definition) is 6. The zero-order valence-electron chi connectivity index (χ0n) is 17.1. The lowest BCUT2D eigenvalue weighted by molar-refractivity contribution is 0.0990. The lowest BCUT2D eigenvalue weighted by Crippen LogP contribution is -2.44. The monoisotopic (exact) mass is 404 g/mol. The Kier molecular flexibility index (Phi) is 3.92. The topological polar surface area (TPSA) is 89.7 Å². The van der Waals surface area contributed by atoms with E-state index in [4.69, 9.17) is 14.8 Å². The standard InChI is InChI=1S/C21H24N8O/c1-13-12-30-10-9-28(13)18-11-16(17-6-8-23-27(17)2)24-20-19(15-5-7-22-25-15)26-29(21(18)20)14-3-4-14/h5-8,11,13-14H,3-4,9-10,12H2,1-2H3,(H,22,25). The number of nitrogens with zero attached hydrogens (tertiary/aromatic N) is 7. The smallest absolute Gasteiger partial charge is 0.137 e. The Morgan fingerprint density at radius 1 is 1.20 bits per heavy atom. The molecule has 2 fully saturated rings. The van der Waals surface area contributed by atoms with Crippen LogP contribution in [0.15, 0.2) is 30.6 Å². The minimum atomic E-state index is 0.280. The number of ether oxygens (including phenoxy) is 1. The number of fused-ring (bicyclic) bond motifs is 1. The fourth-order valence-electron chi connectivity index (χ4n) is 4.33. The Labute approximate surface area is 173 Å². The lowest BCUT2D eigenvalue weighted by Gasteiger charge is -2.35. The highest BCUT2D eigenvalue weighted by Gasteiger charge is 2.32. The van der Waals surface area contributed by atoms with Gasteiger partial charge in [-0.25, -0.2) is 4.98 Å². The third kappa shape index (κ3) is 2.72. The molecule has 9 nitrogen and oxygen atoms in total. The van der Waals surface area contributed by atoms with Gasteiger partial charge in [-0.2, -0.15) is 15.3 Å². The molecule has 6 rings (SSSR count). The molecule has 0 spiro atoms. The number of hydrogen-bond donors (Lipinski definition) is 1. The number of nitrogens with one attached hydrogen (secondary N) is 1. The van der Waals surface area contributed by atoms with Crippen LogP contribution in [-0.2, 0) is 11.8 Å². The fraction of sp³-hybridized carbons (Fsp3) is 0.429. The molecule has 0 bridgehead atoms. The zero-order chi connectivity index (χ0) is 20.2. The lowest BCUT2D eigenvalue weighted by atomic mass is 10.1. The van der Waals surface area contributed by atoms with Gasteiger partial charge in [0.2, 0.25) is 0 Å². The molecule has 1 saturated carbocycles. The van der Waals surface area contributed by atoms with Crippen LogP contribution in [0.25, 0.3) is 33.8 Å². The molecule has 5 heterocycles. The number of pyridine rings is 1. The van der Waals surface area contributed by atoms with Crippen molar-refractivity contribution in [1.29, 1.82) is 0 Å². The molecule has 1 atom stereocenters. The number of aromatic nitrogens is 7. The van der Waals surface area contributed by atoms with Crippen LogP contribution in [0, 0.1) is 0 Å². The molecule has 4 aromatic heterocycles. The van der Waals surface area contributed by atoms with Gasteiger partial charge in [0.25, 0.3) is 0 Å². The third-order valence-electron chi connectivity index (χ3n) is 6.04. The van der Waals surface area contributed by atoms with E-state index in [2.05, 4.69) is 37.9 Å². The highest BCUT2D eigenvalue weighted by Crippen LogP contribution is 2.43. The summed E-state index contributed by atoms with van der Waals surface area (Å²) < 4.78 is 9.76. The summed E-state index contributed by atoms with van der Waals surface area (Å²) in [6.07, 6.45) is 5.87. The summed E-state index contributed by atoms with van der Waals surface area (Å²) >= 11 is 0. The van der Waals surface area contributed by atoms with E-state index in [1.807, 2.05) is 30.1 Å². The van der Waals surface area contributed by atoms with Crippen molar-refractivity contribution in [3.05, 3.63) is 30.6 Å². The van der Waals surface area contributed by atoms with E-state index in [9.17, 15) is 0 Å². The molecule has 0 radical (unpaired) electrons. The van der Waals surface area contributed by atoms with Gasteiger partial charge in [-0.1, -0.05) is 0 Å². The van der Waals surface area contributed by atoms with Crippen LogP contribution in [0.5, 0.6) is 0 Å². The van der Waals surface area contributed by atoms with Gasteiger partial charge < -0.3 is 9.64 Å². The van der Waals surface area contributed by atoms with Gasteiger partial charge in [0.05, 0.1) is 42.0 Å². The number of aromatic amines is 1. The maximum atomic E-state index is 5.71. The first kappa shape index (κ1) is 17.6. The molecule has 0 amide bonds. The molecule has 154 valence electrons. The minimum absolute atomic E-state index is 0.280. The van der Waals surface area contributed by atoms with Crippen LogP contribution in [-0.4, -0.2) is 60.5 Å². The van der Waals surface area contributed by atoms with E-state index in [0.29, 0.717) is 6.04 Å². The van der Waals surface area contributed by atoms with E-state index in [1.165, 1.54) is 0 Å². The Bertz CT molecular complexity index is 1200. The highest BCUT2D eigenvalue weighted by molar-refractivity contribution is 5.99. The van der Waals surface area contributed by atoms with Gasteiger partial charge in [-0.05, 0) is 38.0 Å². The summed E-state index contributed by atoms with van der Waals surface area (Å²) in [6.45, 7) is 4.50. The highest BCUT2D eigenvalue weighted by atomic mass is 16.5. The molecule has 1 unspecified atom stereocenters. The van der Waals surface area contributed by atoms with E-state index in [-0.39, 0.29) is 6.04 Å². The van der Waals surface area contributed by atoms with Crippen LogP contribution in [0.2, 0.25) is 0 Å². The van der Waals surface area contributed by atoms with Gasteiger partial charge in [0, 0.05) is 32.0 Å². The van der Waals surface area contributed by atoms with Gasteiger partial charge in [-0.3, -0.25) is 14.5 Å². The van der Waals surface area contributed by atoms with Crippen molar-refractivity contribution in [2.24, 2.45) is 7.05 Å². The average molecular weight is 404 g/mol. The molecule has 1 saturated heterocycles. The first-order valence-corrected chi connectivity index (χ1v) is 10.5. The Morgan fingerprint density at radius 3 is 2.80 bits per heavy atom. The number of H-pyrrole nitrogens is 1. The van der Waals surface area contributed by atoms with E-state index >= 15 is 0 Å². The van der Waals surface area contributed by atoms with Gasteiger partial charge in [0.1, 0.15) is 16.7 Å². The summed E-state index contributed by atoms with van der Waals surface area (Å²) in [7, 11) is 1.95. The number of rotatable bonds is 4. The summed E-state index contributed by atoms with van der Waals surface area (Å²) in [6, 6.07) is 6.86. The van der Waals surface area contributed by atoms with Crippen LogP contribution in [0.3, 0.4) is 0 Å². The van der Waals surface area contributed by atoms with Gasteiger partial charge in [-0.15, -0.1) is 0 Å². The third-order valence-corrected chi connectivity index (χ3v) is 6.04. The summed E-state index contributed by atoms with van der Waals surface area (Å²) in [5, 5.41) is 16.6. The molecule has 2 aliphatic rings. The van der Waals surface area contributed by atoms with Crippen LogP contribution >= 0.6 is 0 Å². The van der Waals surface area contributed by atoms with Gasteiger partial charge >= 0.3 is 0 Å². The van der Waals surface area contributed by atoms with Crippen LogP contribution < -0.4 is 4.90 Å². The normalized spacial score (nSPS) is 19.7. The Hall–Kier alpha value is -3.20. The molecule has 1 N–H and O–H groups in total. The molecule has 9 heteroatoms. The summed E-state index contributed by atoms with van der Waals surface area (Å²) in [5.74, 6) is 0. The quantitative estimate of drug-likeness (QED) is 0.563. The number of anilines is 1. The van der Waals surface area contributed by atoms with Crippen molar-refractivity contribution in [3.63, 3.8) is 0 Å². The largest absolute Gasteiger partial charge is 0.377 e. The summed E-state index contributed by atoms with van der Waals surface area (Å²) in [5.41, 5.74) is 6.77. The molecular formula is C21H24N8O. The number of aryl methyl sites for hydroxylation is 1. The van der Waals surface area contributed by atoms with E-state index < -0.39 is 0 Å². The molecule has 1 aliphatic carbocycles. The second kappa shape index (κ2) is 6.66. The maximum Gasteiger partial charge on any atom is 0.137 e. The van der Waals surface area contributed by atoms with Crippen molar-refractivity contribution in [3.8, 4) is 22.8 Å². The molecule has 4 aromatic rings. The maximum absolute atomic E-state index is 5.71. The fourth-order valence-corrected chi connectivity index (χ4v) is 4.33. The van der Waals surface area contributed by atoms with Gasteiger partial charge in [0.15, 0.2) is 0 Å². The molecule has 0 aromatic carbocycles. The predicted octanol–water partition coefficient (Wildman–Crippen LogP) is 2.78. The molecule has 1 aliphatic heterocycles. The summed E-state index contributed by atoms with van der Waals surface area (Å²) in [4.78, 5) is 7.53. The Balaban J connectivity index is 1.66. The van der Waals surface area contributed by atoms with Crippen molar-refractivity contribution in [1.82, 2.24) is 34.7 Å². The average Bonchev–Trinajstić information content (AvgIpc) is 3.14. The molecular weight excluding hydrogens is 380 g/mol. The van der Waals surface area contributed by atoms with E-state index in [0.717, 1.165) is 72.1 Å². The first-order valence-electron chi connectivity index (χ1n) is 10.5. The van der Waals surface area contributed by atoms with Crippen molar-refractivity contribution >= 4 is 16.7 Å². The van der Waals surface area contributed by atoms with E-state index in [1.54, 1.807) is 6.20 Å². The van der Waals surface area contributed by atoms with Crippen LogP contribution in [0.1, 0.15) is 25.8 Å².